The summed E-state index contributed by atoms with van der Waals surface area (Å²) >= 11 is 0. The fourth-order valence-electron chi connectivity index (χ4n) is 5.42. The molecule has 3 aliphatic rings. The van der Waals surface area contributed by atoms with Crippen LogP contribution in [0.4, 0.5) is 4.79 Å². The van der Waals surface area contributed by atoms with Gasteiger partial charge in [0.1, 0.15) is 5.60 Å². The predicted molar refractivity (Wildman–Crippen MR) is 116 cm³/mol. The van der Waals surface area contributed by atoms with E-state index in [4.69, 9.17) is 4.74 Å². The van der Waals surface area contributed by atoms with E-state index >= 15 is 0 Å². The Bertz CT molecular complexity index is 1060. The van der Waals surface area contributed by atoms with Gasteiger partial charge in [0.2, 0.25) is 15.9 Å². The van der Waals surface area contributed by atoms with E-state index in [1.807, 2.05) is 6.92 Å². The lowest BCUT2D eigenvalue weighted by atomic mass is 9.60. The minimum atomic E-state index is -3.90. The van der Waals surface area contributed by atoms with E-state index < -0.39 is 33.2 Å². The van der Waals surface area contributed by atoms with E-state index in [0.717, 1.165) is 16.9 Å². The highest BCUT2D eigenvalue weighted by Gasteiger charge is 2.65. The monoisotopic (exact) mass is 462 g/mol. The van der Waals surface area contributed by atoms with Gasteiger partial charge in [-0.1, -0.05) is 24.1 Å². The first-order valence-corrected chi connectivity index (χ1v) is 12.5. The van der Waals surface area contributed by atoms with Gasteiger partial charge in [0.15, 0.2) is 5.78 Å². The van der Waals surface area contributed by atoms with Crippen molar-refractivity contribution in [3.05, 3.63) is 29.8 Å². The molecule has 1 saturated carbocycles. The summed E-state index contributed by atoms with van der Waals surface area (Å²) in [5.74, 6) is -0.870. The predicted octanol–water partition coefficient (Wildman–Crippen LogP) is 2.89. The molecule has 9 heteroatoms. The van der Waals surface area contributed by atoms with Gasteiger partial charge in [-0.15, -0.1) is 0 Å². The van der Waals surface area contributed by atoms with Crippen LogP contribution >= 0.6 is 0 Å². The van der Waals surface area contributed by atoms with Gasteiger partial charge in [-0.25, -0.2) is 18.1 Å². The number of carbonyl (C=O) groups is 3. The Kier molecular flexibility index (Phi) is 5.48. The summed E-state index contributed by atoms with van der Waals surface area (Å²) in [6, 6.07) is 5.98. The average molecular weight is 463 g/mol. The van der Waals surface area contributed by atoms with Crippen LogP contribution in [0.3, 0.4) is 0 Å². The van der Waals surface area contributed by atoms with E-state index in [0.29, 0.717) is 12.8 Å². The topological polar surface area (TPSA) is 101 Å². The SMILES string of the molecule is Cc1ccc(S(=O)(=O)N2CC(=O)[C@@]34CN(C(=O)OC(C)(C)C)C(=O)C[C@@H]3CCC[C@@H]24)cc1. The molecule has 0 N–H and O–H groups in total. The lowest BCUT2D eigenvalue weighted by Gasteiger charge is -2.50. The molecule has 0 radical (unpaired) electrons. The summed E-state index contributed by atoms with van der Waals surface area (Å²) in [4.78, 5) is 40.2. The molecule has 1 aromatic rings. The number of amides is 2. The number of carbonyl (C=O) groups excluding carboxylic acids is 3. The molecule has 32 heavy (non-hydrogen) atoms. The molecule has 0 unspecified atom stereocenters. The van der Waals surface area contributed by atoms with Crippen molar-refractivity contribution in [1.82, 2.24) is 9.21 Å². The highest BCUT2D eigenvalue weighted by atomic mass is 32.2. The molecule has 174 valence electrons. The standard InChI is InChI=1S/C23H30N2O6S/c1-15-8-10-17(11-9-15)32(29,30)25-13-19(26)23-14-24(21(28)31-22(2,3)4)20(27)12-16(23)6-5-7-18(23)25/h8-11,16,18H,5-7,12-14H2,1-4H3/t16-,18+,23-/m0/s1. The van der Waals surface area contributed by atoms with Gasteiger partial charge in [0, 0.05) is 19.0 Å². The zero-order valence-electron chi connectivity index (χ0n) is 19.0. The van der Waals surface area contributed by atoms with Crippen molar-refractivity contribution in [2.24, 2.45) is 11.3 Å². The van der Waals surface area contributed by atoms with Crippen molar-refractivity contribution in [2.45, 2.75) is 69.9 Å². The molecule has 1 aliphatic carbocycles. The molecule has 2 heterocycles. The molecule has 2 saturated heterocycles. The van der Waals surface area contributed by atoms with Crippen LogP contribution in [0.2, 0.25) is 0 Å². The fourth-order valence-corrected chi connectivity index (χ4v) is 7.08. The molecule has 0 bridgehead atoms. The Balaban J connectivity index is 1.71. The number of ketones is 1. The van der Waals surface area contributed by atoms with Crippen LogP contribution in [-0.2, 0) is 24.3 Å². The van der Waals surface area contributed by atoms with Gasteiger partial charge in [-0.05, 0) is 58.6 Å². The maximum Gasteiger partial charge on any atom is 0.417 e. The Hall–Kier alpha value is -2.26. The number of ether oxygens (including phenoxy) is 1. The fraction of sp³-hybridized carbons (Fsp3) is 0.609. The van der Waals surface area contributed by atoms with E-state index in [2.05, 4.69) is 0 Å². The van der Waals surface area contributed by atoms with Crippen molar-refractivity contribution in [1.29, 1.82) is 0 Å². The second kappa shape index (κ2) is 7.66. The third-order valence-electron chi connectivity index (χ3n) is 6.90. The number of nitrogens with zero attached hydrogens (tertiary/aromatic N) is 2. The number of rotatable bonds is 2. The number of imide groups is 1. The highest BCUT2D eigenvalue weighted by Crippen LogP contribution is 2.53. The molecule has 4 rings (SSSR count). The third kappa shape index (κ3) is 3.65. The zero-order chi connectivity index (χ0) is 23.5. The van der Waals surface area contributed by atoms with E-state index in [-0.39, 0.29) is 42.0 Å². The molecule has 1 spiro atoms. The van der Waals surface area contributed by atoms with Gasteiger partial charge < -0.3 is 4.74 Å². The van der Waals surface area contributed by atoms with Crippen LogP contribution in [-0.4, -0.2) is 60.1 Å². The summed E-state index contributed by atoms with van der Waals surface area (Å²) < 4.78 is 33.7. The maximum atomic E-state index is 13.5. The molecule has 3 fully saturated rings. The van der Waals surface area contributed by atoms with E-state index in [1.54, 1.807) is 45.0 Å². The number of Topliss-reactive ketones (excluding diaryl/α,β-unsaturated/α-hetero) is 1. The molecule has 3 atom stereocenters. The molecule has 2 amide bonds. The van der Waals surface area contributed by atoms with Crippen LogP contribution in [0, 0.1) is 18.3 Å². The number of aryl methyl sites for hydroxylation is 1. The number of likely N-dealkylation sites (tertiary alicyclic amines) is 1. The van der Waals surface area contributed by atoms with Crippen molar-refractivity contribution >= 4 is 27.8 Å². The summed E-state index contributed by atoms with van der Waals surface area (Å²) in [6.07, 6.45) is 1.16. The minimum Gasteiger partial charge on any atom is -0.443 e. The third-order valence-corrected chi connectivity index (χ3v) is 8.77. The molecular formula is C23H30N2O6S. The average Bonchev–Trinajstić information content (AvgIpc) is 2.99. The molecular weight excluding hydrogens is 432 g/mol. The second-order valence-electron chi connectivity index (χ2n) is 10.1. The van der Waals surface area contributed by atoms with Gasteiger partial charge in [-0.3, -0.25) is 9.59 Å². The molecule has 8 nitrogen and oxygen atoms in total. The van der Waals surface area contributed by atoms with Gasteiger partial charge in [-0.2, -0.15) is 4.31 Å². The Labute approximate surface area is 188 Å². The van der Waals surface area contributed by atoms with Crippen molar-refractivity contribution in [3.63, 3.8) is 0 Å². The summed E-state index contributed by atoms with van der Waals surface area (Å²) in [5.41, 5.74) is -0.937. The van der Waals surface area contributed by atoms with Crippen LogP contribution in [0.5, 0.6) is 0 Å². The summed E-state index contributed by atoms with van der Waals surface area (Å²) in [7, 11) is -3.90. The Morgan fingerprint density at radius 3 is 2.41 bits per heavy atom. The second-order valence-corrected chi connectivity index (χ2v) is 12.0. The van der Waals surface area contributed by atoms with Crippen LogP contribution in [0.15, 0.2) is 29.2 Å². The maximum absolute atomic E-state index is 13.5. The smallest absolute Gasteiger partial charge is 0.417 e. The molecule has 2 aliphatic heterocycles. The van der Waals surface area contributed by atoms with Gasteiger partial charge >= 0.3 is 6.09 Å². The lowest BCUT2D eigenvalue weighted by molar-refractivity contribution is -0.149. The molecule has 1 aromatic carbocycles. The van der Waals surface area contributed by atoms with Crippen molar-refractivity contribution in [3.8, 4) is 0 Å². The first-order valence-electron chi connectivity index (χ1n) is 11.0. The number of hydrogen-bond acceptors (Lipinski definition) is 6. The normalized spacial score (nSPS) is 28.9. The minimum absolute atomic E-state index is 0.0416. The quantitative estimate of drug-likeness (QED) is 0.670. The Morgan fingerprint density at radius 1 is 1.12 bits per heavy atom. The van der Waals surface area contributed by atoms with Crippen LogP contribution in [0.1, 0.15) is 52.0 Å². The van der Waals surface area contributed by atoms with Crippen molar-refractivity contribution < 1.29 is 27.5 Å². The first-order chi connectivity index (χ1) is 14.9. The van der Waals surface area contributed by atoms with Gasteiger partial charge in [0.25, 0.3) is 0 Å². The van der Waals surface area contributed by atoms with Crippen LogP contribution in [0.25, 0.3) is 0 Å². The lowest BCUT2D eigenvalue weighted by Crippen LogP contribution is -2.62. The number of sulfonamides is 1. The largest absolute Gasteiger partial charge is 0.443 e. The Morgan fingerprint density at radius 2 is 1.78 bits per heavy atom. The summed E-state index contributed by atoms with van der Waals surface area (Å²) in [5, 5.41) is 0. The van der Waals surface area contributed by atoms with E-state index in [1.165, 1.54) is 4.31 Å². The summed E-state index contributed by atoms with van der Waals surface area (Å²) in [6.45, 7) is 6.63. The highest BCUT2D eigenvalue weighted by molar-refractivity contribution is 7.89. The van der Waals surface area contributed by atoms with Crippen molar-refractivity contribution in [2.75, 3.05) is 13.1 Å². The van der Waals surface area contributed by atoms with E-state index in [9.17, 15) is 22.8 Å². The molecule has 0 aromatic heterocycles. The number of piperidine rings is 1. The zero-order valence-corrected chi connectivity index (χ0v) is 19.8. The first kappa shape index (κ1) is 22.9. The number of benzene rings is 1. The number of hydrogen-bond donors (Lipinski definition) is 0. The van der Waals surface area contributed by atoms with Gasteiger partial charge in [0.05, 0.1) is 16.9 Å². The van der Waals surface area contributed by atoms with Crippen LogP contribution < -0.4 is 0 Å².